The van der Waals surface area contributed by atoms with Gasteiger partial charge in [-0.2, -0.15) is 0 Å². The minimum atomic E-state index is 0.523. The van der Waals surface area contributed by atoms with Crippen LogP contribution in [-0.2, 0) is 0 Å². The molecule has 2 aliphatic rings. The standard InChI is InChI=1S/C9H8/c1-6-4-3-5-8-7(2)9(6)8/h3-5,9H,1-2H2. The summed E-state index contributed by atoms with van der Waals surface area (Å²) in [7, 11) is 0. The van der Waals surface area contributed by atoms with Crippen LogP contribution in [0.5, 0.6) is 0 Å². The molecule has 0 aromatic rings. The van der Waals surface area contributed by atoms with Crippen LogP contribution in [0.15, 0.2) is 48.1 Å². The first-order valence-corrected chi connectivity index (χ1v) is 3.07. The molecule has 1 saturated carbocycles. The van der Waals surface area contributed by atoms with E-state index in [0.717, 1.165) is 0 Å². The first-order chi connectivity index (χ1) is 4.30. The van der Waals surface area contributed by atoms with Crippen LogP contribution in [0.4, 0.5) is 0 Å². The first-order valence-electron chi connectivity index (χ1n) is 3.07. The molecule has 0 aromatic heterocycles. The van der Waals surface area contributed by atoms with Gasteiger partial charge in [-0.05, 0) is 16.7 Å². The average molecular weight is 116 g/mol. The Morgan fingerprint density at radius 3 is 2.67 bits per heavy atom. The Labute approximate surface area is 54.9 Å². The van der Waals surface area contributed by atoms with E-state index >= 15 is 0 Å². The van der Waals surface area contributed by atoms with Crippen molar-refractivity contribution < 1.29 is 0 Å². The van der Waals surface area contributed by atoms with Crippen molar-refractivity contribution in [2.24, 2.45) is 5.92 Å². The minimum Gasteiger partial charge on any atom is -0.0949 e. The van der Waals surface area contributed by atoms with Crippen LogP contribution in [0.2, 0.25) is 0 Å². The third-order valence-electron chi connectivity index (χ3n) is 1.90. The highest BCUT2D eigenvalue weighted by Crippen LogP contribution is 2.50. The second kappa shape index (κ2) is 1.27. The van der Waals surface area contributed by atoms with E-state index in [1.54, 1.807) is 0 Å². The molecule has 9 heavy (non-hydrogen) atoms. The molecule has 0 spiro atoms. The maximum atomic E-state index is 3.90. The topological polar surface area (TPSA) is 0 Å². The third kappa shape index (κ3) is 0.476. The fourth-order valence-corrected chi connectivity index (χ4v) is 1.28. The molecule has 0 N–H and O–H groups in total. The Balaban J connectivity index is 2.46. The molecule has 0 aliphatic heterocycles. The van der Waals surface area contributed by atoms with Crippen molar-refractivity contribution in [3.05, 3.63) is 48.1 Å². The summed E-state index contributed by atoms with van der Waals surface area (Å²) in [4.78, 5) is 0. The lowest BCUT2D eigenvalue weighted by Gasteiger charge is -1.94. The molecule has 0 bridgehead atoms. The van der Waals surface area contributed by atoms with Crippen LogP contribution in [-0.4, -0.2) is 0 Å². The van der Waals surface area contributed by atoms with Gasteiger partial charge in [0.05, 0.1) is 0 Å². The smallest absolute Gasteiger partial charge is 0.0334 e. The Kier molecular flexibility index (Phi) is 0.677. The van der Waals surface area contributed by atoms with Crippen molar-refractivity contribution in [1.29, 1.82) is 0 Å². The molecular weight excluding hydrogens is 108 g/mol. The summed E-state index contributed by atoms with van der Waals surface area (Å²) >= 11 is 0. The van der Waals surface area contributed by atoms with E-state index in [0.29, 0.717) is 5.92 Å². The van der Waals surface area contributed by atoms with Gasteiger partial charge in [0.1, 0.15) is 0 Å². The van der Waals surface area contributed by atoms with Gasteiger partial charge in [0.25, 0.3) is 0 Å². The van der Waals surface area contributed by atoms with Gasteiger partial charge < -0.3 is 0 Å². The van der Waals surface area contributed by atoms with E-state index in [4.69, 9.17) is 0 Å². The zero-order valence-corrected chi connectivity index (χ0v) is 5.22. The molecule has 0 amide bonds. The summed E-state index contributed by atoms with van der Waals surface area (Å²) in [6, 6.07) is 0. The first kappa shape index (κ1) is 4.80. The summed E-state index contributed by atoms with van der Waals surface area (Å²) in [5.41, 5.74) is 3.82. The SMILES string of the molecule is C=C1C=CC=C2C(=C)C12. The van der Waals surface area contributed by atoms with Crippen molar-refractivity contribution >= 4 is 0 Å². The van der Waals surface area contributed by atoms with Crippen molar-refractivity contribution in [3.8, 4) is 0 Å². The van der Waals surface area contributed by atoms with Crippen molar-refractivity contribution in [2.75, 3.05) is 0 Å². The van der Waals surface area contributed by atoms with E-state index in [-0.39, 0.29) is 0 Å². The van der Waals surface area contributed by atoms with Gasteiger partial charge in [-0.15, -0.1) is 0 Å². The summed E-state index contributed by atoms with van der Waals surface area (Å²) in [6.07, 6.45) is 6.19. The molecule has 1 atom stereocenters. The van der Waals surface area contributed by atoms with Gasteiger partial charge in [-0.3, -0.25) is 0 Å². The third-order valence-corrected chi connectivity index (χ3v) is 1.90. The van der Waals surface area contributed by atoms with Crippen LogP contribution in [0.1, 0.15) is 0 Å². The molecule has 1 unspecified atom stereocenters. The second-order valence-electron chi connectivity index (χ2n) is 2.51. The van der Waals surface area contributed by atoms with Crippen LogP contribution in [0, 0.1) is 5.92 Å². The fraction of sp³-hybridized carbons (Fsp3) is 0.111. The van der Waals surface area contributed by atoms with Crippen LogP contribution in [0.3, 0.4) is 0 Å². The summed E-state index contributed by atoms with van der Waals surface area (Å²) in [6.45, 7) is 7.79. The average Bonchev–Trinajstić information content (AvgIpc) is 2.45. The monoisotopic (exact) mass is 116 g/mol. The van der Waals surface area contributed by atoms with Gasteiger partial charge in [0.15, 0.2) is 0 Å². The highest BCUT2D eigenvalue weighted by atomic mass is 14.4. The second-order valence-corrected chi connectivity index (χ2v) is 2.51. The van der Waals surface area contributed by atoms with Gasteiger partial charge in [-0.1, -0.05) is 31.4 Å². The van der Waals surface area contributed by atoms with Gasteiger partial charge in [-0.25, -0.2) is 0 Å². The summed E-state index contributed by atoms with van der Waals surface area (Å²) in [5, 5.41) is 0. The predicted octanol–water partition coefficient (Wildman–Crippen LogP) is 2.22. The summed E-state index contributed by atoms with van der Waals surface area (Å²) < 4.78 is 0. The maximum absolute atomic E-state index is 3.90. The van der Waals surface area contributed by atoms with Crippen molar-refractivity contribution in [3.63, 3.8) is 0 Å². The lowest BCUT2D eigenvalue weighted by Crippen LogP contribution is -1.79. The van der Waals surface area contributed by atoms with Crippen molar-refractivity contribution in [2.45, 2.75) is 0 Å². The van der Waals surface area contributed by atoms with E-state index in [1.165, 1.54) is 16.7 Å². The molecular formula is C9H8. The molecule has 0 saturated heterocycles. The number of hydrogen-bond donors (Lipinski definition) is 0. The molecule has 0 radical (unpaired) electrons. The lowest BCUT2D eigenvalue weighted by atomic mass is 10.1. The van der Waals surface area contributed by atoms with E-state index in [1.807, 2.05) is 12.2 Å². The maximum Gasteiger partial charge on any atom is 0.0334 e. The van der Waals surface area contributed by atoms with Gasteiger partial charge in [0.2, 0.25) is 0 Å². The number of allylic oxidation sites excluding steroid dienone is 6. The Morgan fingerprint density at radius 1 is 1.33 bits per heavy atom. The highest BCUT2D eigenvalue weighted by molar-refractivity contribution is 5.65. The molecule has 0 heterocycles. The van der Waals surface area contributed by atoms with E-state index in [9.17, 15) is 0 Å². The van der Waals surface area contributed by atoms with Crippen LogP contribution >= 0.6 is 0 Å². The van der Waals surface area contributed by atoms with E-state index in [2.05, 4.69) is 19.2 Å². The molecule has 0 aromatic carbocycles. The molecule has 0 heteroatoms. The molecule has 44 valence electrons. The Morgan fingerprint density at radius 2 is 2.11 bits per heavy atom. The molecule has 0 nitrogen and oxygen atoms in total. The normalized spacial score (nSPS) is 29.8. The Bertz CT molecular complexity index is 251. The number of rotatable bonds is 0. The largest absolute Gasteiger partial charge is 0.0949 e. The highest BCUT2D eigenvalue weighted by Gasteiger charge is 2.37. The quantitative estimate of drug-likeness (QED) is 0.455. The summed E-state index contributed by atoms with van der Waals surface area (Å²) in [5.74, 6) is 0.523. The minimum absolute atomic E-state index is 0.523. The molecule has 2 rings (SSSR count). The zero-order valence-electron chi connectivity index (χ0n) is 5.22. The fourth-order valence-electron chi connectivity index (χ4n) is 1.28. The van der Waals surface area contributed by atoms with Crippen molar-refractivity contribution in [1.82, 2.24) is 0 Å². The Hall–Kier alpha value is -1.04. The number of hydrogen-bond acceptors (Lipinski definition) is 0. The molecule has 1 fully saturated rings. The predicted molar refractivity (Wildman–Crippen MR) is 39.0 cm³/mol. The zero-order chi connectivity index (χ0) is 6.43. The van der Waals surface area contributed by atoms with Gasteiger partial charge in [0, 0.05) is 5.92 Å². The van der Waals surface area contributed by atoms with Crippen LogP contribution in [0.25, 0.3) is 0 Å². The van der Waals surface area contributed by atoms with E-state index < -0.39 is 0 Å². The van der Waals surface area contributed by atoms with Crippen LogP contribution < -0.4 is 0 Å². The van der Waals surface area contributed by atoms with Gasteiger partial charge >= 0.3 is 0 Å². The number of fused-ring (bicyclic) bond motifs is 1. The molecule has 2 aliphatic carbocycles. The lowest BCUT2D eigenvalue weighted by molar-refractivity contribution is 1.17.